The van der Waals surface area contributed by atoms with Gasteiger partial charge in [0.2, 0.25) is 0 Å². The van der Waals surface area contributed by atoms with Gasteiger partial charge in [-0.2, -0.15) is 0 Å². The molecular weight excluding hydrogens is 257 g/mol. The number of hydrogen-bond donors (Lipinski definition) is 1. The fraction of sp³-hybridized carbons (Fsp3) is 0.538. The zero-order chi connectivity index (χ0) is 12.8. The van der Waals surface area contributed by atoms with E-state index in [0.29, 0.717) is 23.0 Å². The molecule has 0 aliphatic rings. The van der Waals surface area contributed by atoms with E-state index >= 15 is 0 Å². The summed E-state index contributed by atoms with van der Waals surface area (Å²) >= 11 is 12.1. The van der Waals surface area contributed by atoms with Crippen molar-refractivity contribution in [2.45, 2.75) is 39.2 Å². The minimum Gasteiger partial charge on any atom is -0.489 e. The topological polar surface area (TPSA) is 35.2 Å². The fourth-order valence-corrected chi connectivity index (χ4v) is 2.33. The summed E-state index contributed by atoms with van der Waals surface area (Å²) in [5.74, 6) is 0.725. The van der Waals surface area contributed by atoms with E-state index in [1.165, 1.54) is 0 Å². The van der Waals surface area contributed by atoms with Crippen LogP contribution in [0.15, 0.2) is 12.1 Å². The normalized spacial score (nSPS) is 12.5. The number of ether oxygens (including phenoxy) is 1. The standard InChI is InChI=1S/C13H19Cl2NO/c1-3-4-9(2)17-13-10(5-6-16)7-11(14)8-12(13)15/h7-9H,3-6,16H2,1-2H3. The molecule has 0 saturated carbocycles. The summed E-state index contributed by atoms with van der Waals surface area (Å²) in [6.45, 7) is 4.72. The molecule has 17 heavy (non-hydrogen) atoms. The van der Waals surface area contributed by atoms with Gasteiger partial charge in [-0.05, 0) is 44.0 Å². The van der Waals surface area contributed by atoms with Gasteiger partial charge in [0.05, 0.1) is 11.1 Å². The van der Waals surface area contributed by atoms with E-state index in [-0.39, 0.29) is 6.10 Å². The molecule has 2 nitrogen and oxygen atoms in total. The van der Waals surface area contributed by atoms with Crippen LogP contribution in [0.25, 0.3) is 0 Å². The molecule has 1 aromatic carbocycles. The molecule has 1 unspecified atom stereocenters. The van der Waals surface area contributed by atoms with E-state index in [9.17, 15) is 0 Å². The van der Waals surface area contributed by atoms with Crippen LogP contribution in [0.4, 0.5) is 0 Å². The first kappa shape index (κ1) is 14.6. The summed E-state index contributed by atoms with van der Waals surface area (Å²) in [5.41, 5.74) is 6.56. The molecule has 0 spiro atoms. The van der Waals surface area contributed by atoms with Crippen LogP contribution in [0.2, 0.25) is 10.0 Å². The molecule has 1 atom stereocenters. The Balaban J connectivity index is 2.95. The Kier molecular flexibility index (Phi) is 6.10. The number of halogens is 2. The maximum Gasteiger partial charge on any atom is 0.141 e. The second-order valence-corrected chi connectivity index (χ2v) is 4.98. The second kappa shape index (κ2) is 7.10. The van der Waals surface area contributed by atoms with Gasteiger partial charge in [0.1, 0.15) is 5.75 Å². The third kappa shape index (κ3) is 4.38. The quantitative estimate of drug-likeness (QED) is 0.850. The number of rotatable bonds is 6. The van der Waals surface area contributed by atoms with Crippen molar-refractivity contribution in [3.8, 4) is 5.75 Å². The van der Waals surface area contributed by atoms with Gasteiger partial charge in [0, 0.05) is 5.02 Å². The molecule has 0 heterocycles. The number of nitrogens with two attached hydrogens (primary N) is 1. The van der Waals surface area contributed by atoms with Gasteiger partial charge in [0.15, 0.2) is 0 Å². The molecule has 0 fully saturated rings. The molecule has 0 amide bonds. The predicted molar refractivity (Wildman–Crippen MR) is 74.2 cm³/mol. The summed E-state index contributed by atoms with van der Waals surface area (Å²) in [6, 6.07) is 3.57. The van der Waals surface area contributed by atoms with Crippen LogP contribution in [0.1, 0.15) is 32.3 Å². The Hall–Kier alpha value is -0.440. The Morgan fingerprint density at radius 2 is 2.06 bits per heavy atom. The lowest BCUT2D eigenvalue weighted by molar-refractivity contribution is 0.208. The summed E-state index contributed by atoms with van der Waals surface area (Å²) in [4.78, 5) is 0. The lowest BCUT2D eigenvalue weighted by atomic mass is 10.1. The fourth-order valence-electron chi connectivity index (χ4n) is 1.75. The number of hydrogen-bond acceptors (Lipinski definition) is 2. The SMILES string of the molecule is CCCC(C)Oc1c(Cl)cc(Cl)cc1CCN. The van der Waals surface area contributed by atoms with Crippen molar-refractivity contribution in [1.82, 2.24) is 0 Å². The van der Waals surface area contributed by atoms with Gasteiger partial charge >= 0.3 is 0 Å². The smallest absolute Gasteiger partial charge is 0.141 e. The first-order valence-corrected chi connectivity index (χ1v) is 6.68. The molecule has 1 aromatic rings. The van der Waals surface area contributed by atoms with Crippen LogP contribution < -0.4 is 10.5 Å². The van der Waals surface area contributed by atoms with Gasteiger partial charge < -0.3 is 10.5 Å². The van der Waals surface area contributed by atoms with Crippen molar-refractivity contribution in [3.05, 3.63) is 27.7 Å². The highest BCUT2D eigenvalue weighted by molar-refractivity contribution is 6.35. The molecule has 0 aliphatic carbocycles. The Bertz CT molecular complexity index is 369. The van der Waals surface area contributed by atoms with Crippen molar-refractivity contribution < 1.29 is 4.74 Å². The highest BCUT2D eigenvalue weighted by atomic mass is 35.5. The van der Waals surface area contributed by atoms with Crippen LogP contribution in [0.3, 0.4) is 0 Å². The molecule has 2 N–H and O–H groups in total. The lowest BCUT2D eigenvalue weighted by Gasteiger charge is -2.18. The number of benzene rings is 1. The minimum absolute atomic E-state index is 0.148. The highest BCUT2D eigenvalue weighted by Crippen LogP contribution is 2.33. The molecule has 0 aliphatic heterocycles. The minimum atomic E-state index is 0.148. The maximum absolute atomic E-state index is 6.16. The van der Waals surface area contributed by atoms with Crippen LogP contribution >= 0.6 is 23.2 Å². The summed E-state index contributed by atoms with van der Waals surface area (Å²) in [5, 5.41) is 1.18. The first-order valence-electron chi connectivity index (χ1n) is 5.93. The average molecular weight is 276 g/mol. The van der Waals surface area contributed by atoms with Gasteiger partial charge in [-0.3, -0.25) is 0 Å². The van der Waals surface area contributed by atoms with E-state index in [1.54, 1.807) is 6.07 Å². The third-order valence-electron chi connectivity index (χ3n) is 2.51. The highest BCUT2D eigenvalue weighted by Gasteiger charge is 2.13. The second-order valence-electron chi connectivity index (χ2n) is 4.13. The molecule has 0 bridgehead atoms. The van der Waals surface area contributed by atoms with E-state index in [2.05, 4.69) is 6.92 Å². The summed E-state index contributed by atoms with van der Waals surface area (Å²) in [7, 11) is 0. The molecule has 4 heteroatoms. The van der Waals surface area contributed by atoms with Crippen LogP contribution in [-0.4, -0.2) is 12.6 Å². The van der Waals surface area contributed by atoms with Gasteiger partial charge in [0.25, 0.3) is 0 Å². The summed E-state index contributed by atoms with van der Waals surface area (Å²) in [6.07, 6.45) is 2.95. The summed E-state index contributed by atoms with van der Waals surface area (Å²) < 4.78 is 5.88. The largest absolute Gasteiger partial charge is 0.489 e. The van der Waals surface area contributed by atoms with Crippen LogP contribution in [0, 0.1) is 0 Å². The molecule has 0 saturated heterocycles. The van der Waals surface area contributed by atoms with Gasteiger partial charge in [-0.1, -0.05) is 36.5 Å². The van der Waals surface area contributed by atoms with Crippen LogP contribution in [-0.2, 0) is 6.42 Å². The van der Waals surface area contributed by atoms with Gasteiger partial charge in [-0.15, -0.1) is 0 Å². The average Bonchev–Trinajstić information content (AvgIpc) is 2.24. The van der Waals surface area contributed by atoms with Crippen molar-refractivity contribution in [2.24, 2.45) is 5.73 Å². The van der Waals surface area contributed by atoms with E-state index < -0.39 is 0 Å². The van der Waals surface area contributed by atoms with Crippen molar-refractivity contribution in [2.75, 3.05) is 6.54 Å². The zero-order valence-electron chi connectivity index (χ0n) is 10.3. The van der Waals surface area contributed by atoms with E-state index in [0.717, 1.165) is 24.2 Å². The molecule has 96 valence electrons. The Morgan fingerprint density at radius 3 is 2.65 bits per heavy atom. The van der Waals surface area contributed by atoms with E-state index in [1.807, 2.05) is 13.0 Å². The zero-order valence-corrected chi connectivity index (χ0v) is 11.8. The monoisotopic (exact) mass is 275 g/mol. The van der Waals surface area contributed by atoms with Crippen molar-refractivity contribution in [3.63, 3.8) is 0 Å². The van der Waals surface area contributed by atoms with Gasteiger partial charge in [-0.25, -0.2) is 0 Å². The Morgan fingerprint density at radius 1 is 1.35 bits per heavy atom. The molecule has 0 aromatic heterocycles. The van der Waals surface area contributed by atoms with Crippen molar-refractivity contribution >= 4 is 23.2 Å². The van der Waals surface area contributed by atoms with Crippen molar-refractivity contribution in [1.29, 1.82) is 0 Å². The molecule has 1 rings (SSSR count). The first-order chi connectivity index (χ1) is 8.08. The molecule has 0 radical (unpaired) electrons. The molecular formula is C13H19Cl2NO. The lowest BCUT2D eigenvalue weighted by Crippen LogP contribution is -2.14. The van der Waals surface area contributed by atoms with E-state index in [4.69, 9.17) is 33.7 Å². The maximum atomic E-state index is 6.16. The Labute approximate surface area is 113 Å². The van der Waals surface area contributed by atoms with Crippen LogP contribution in [0.5, 0.6) is 5.75 Å². The predicted octanol–water partition coefficient (Wildman–Crippen LogP) is 4.06. The third-order valence-corrected chi connectivity index (χ3v) is 3.01.